The number of hydrogen-bond donors (Lipinski definition) is 1. The zero-order chi connectivity index (χ0) is 19.8. The summed E-state index contributed by atoms with van der Waals surface area (Å²) in [5.74, 6) is 0.332. The molecule has 0 heterocycles. The third kappa shape index (κ3) is 5.08. The summed E-state index contributed by atoms with van der Waals surface area (Å²) < 4.78 is 53.4. The van der Waals surface area contributed by atoms with Crippen LogP contribution in [-0.2, 0) is 0 Å². The van der Waals surface area contributed by atoms with Gasteiger partial charge in [-0.1, -0.05) is 59.8 Å². The third-order valence-electron chi connectivity index (χ3n) is 5.04. The van der Waals surface area contributed by atoms with Gasteiger partial charge in [-0.2, -0.15) is 13.2 Å². The lowest BCUT2D eigenvalue weighted by Gasteiger charge is -2.41. The van der Waals surface area contributed by atoms with Crippen LogP contribution in [0.3, 0.4) is 0 Å². The van der Waals surface area contributed by atoms with Gasteiger partial charge in [0.2, 0.25) is 5.60 Å². The average Bonchev–Trinajstić information content (AvgIpc) is 2.40. The summed E-state index contributed by atoms with van der Waals surface area (Å²) in [4.78, 5) is 0. The molecule has 5 heteroatoms. The maximum atomic E-state index is 13.7. The van der Waals surface area contributed by atoms with Crippen molar-refractivity contribution in [2.45, 2.75) is 79.3 Å². The molecule has 25 heavy (non-hydrogen) atoms. The number of hydrogen-bond acceptors (Lipinski definition) is 1. The van der Waals surface area contributed by atoms with Crippen LogP contribution >= 0.6 is 0 Å². The van der Waals surface area contributed by atoms with Gasteiger partial charge in [0.05, 0.1) is 0 Å². The second kappa shape index (κ2) is 7.05. The summed E-state index contributed by atoms with van der Waals surface area (Å²) in [5.41, 5.74) is -3.76. The van der Waals surface area contributed by atoms with Gasteiger partial charge < -0.3 is 5.11 Å². The maximum Gasteiger partial charge on any atom is 0.424 e. The summed E-state index contributed by atoms with van der Waals surface area (Å²) >= 11 is 0. The van der Waals surface area contributed by atoms with Gasteiger partial charge in [-0.25, -0.2) is 4.39 Å². The number of alkyl halides is 4. The van der Waals surface area contributed by atoms with Crippen LogP contribution in [0.1, 0.15) is 61.3 Å². The van der Waals surface area contributed by atoms with E-state index in [1.54, 1.807) is 6.08 Å². The number of aliphatic hydroxyl groups is 1. The quantitative estimate of drug-likeness (QED) is 0.586. The van der Waals surface area contributed by atoms with E-state index in [1.807, 2.05) is 0 Å². The van der Waals surface area contributed by atoms with Crippen molar-refractivity contribution in [2.75, 3.05) is 0 Å². The van der Waals surface area contributed by atoms with E-state index in [0.29, 0.717) is 6.42 Å². The minimum Gasteiger partial charge on any atom is -0.374 e. The fourth-order valence-electron chi connectivity index (χ4n) is 3.60. The van der Waals surface area contributed by atoms with E-state index in [4.69, 9.17) is 0 Å². The molecule has 1 N–H and O–H groups in total. The van der Waals surface area contributed by atoms with Crippen LogP contribution in [-0.4, -0.2) is 23.1 Å². The van der Waals surface area contributed by atoms with E-state index in [2.05, 4.69) is 41.5 Å². The number of allylic oxidation sites excluding steroid dienone is 2. The molecule has 4 unspecified atom stereocenters. The Morgan fingerprint density at radius 3 is 1.92 bits per heavy atom. The van der Waals surface area contributed by atoms with E-state index in [0.717, 1.165) is 13.3 Å². The smallest absolute Gasteiger partial charge is 0.374 e. The van der Waals surface area contributed by atoms with Crippen molar-refractivity contribution in [3.63, 3.8) is 0 Å². The molecule has 1 aliphatic rings. The Balaban J connectivity index is 3.11. The summed E-state index contributed by atoms with van der Waals surface area (Å²) in [5, 5.41) is 10.0. The highest BCUT2D eigenvalue weighted by molar-refractivity contribution is 5.35. The topological polar surface area (TPSA) is 20.2 Å². The largest absolute Gasteiger partial charge is 0.424 e. The fourth-order valence-corrected chi connectivity index (χ4v) is 3.60. The standard InChI is InChI=1S/C20H32F4O/c1-13(21)19(25,20(22,23)24)15-10-8-14(9-11-15)16(18(5,6)7)12-17(2,3)4/h8,10-11,13-14,16,25H,9,12H2,1-7H3. The van der Waals surface area contributed by atoms with Crippen LogP contribution in [0.25, 0.3) is 0 Å². The molecular weight excluding hydrogens is 332 g/mol. The monoisotopic (exact) mass is 364 g/mol. The van der Waals surface area contributed by atoms with Gasteiger partial charge in [0, 0.05) is 0 Å². The number of halogens is 4. The Kier molecular flexibility index (Phi) is 6.26. The van der Waals surface area contributed by atoms with E-state index >= 15 is 0 Å². The first kappa shape index (κ1) is 22.2. The highest BCUT2D eigenvalue weighted by Crippen LogP contribution is 2.46. The molecule has 0 saturated carbocycles. The molecule has 0 bridgehead atoms. The molecule has 1 rings (SSSR count). The molecule has 4 atom stereocenters. The maximum absolute atomic E-state index is 13.7. The molecule has 1 nitrogen and oxygen atoms in total. The predicted octanol–water partition coefficient (Wildman–Crippen LogP) is 6.24. The van der Waals surface area contributed by atoms with Crippen molar-refractivity contribution < 1.29 is 22.7 Å². The Morgan fingerprint density at radius 2 is 1.64 bits per heavy atom. The first-order valence-corrected chi connectivity index (χ1v) is 8.82. The van der Waals surface area contributed by atoms with Crippen LogP contribution in [0.2, 0.25) is 0 Å². The van der Waals surface area contributed by atoms with Crippen LogP contribution in [0.4, 0.5) is 17.6 Å². The van der Waals surface area contributed by atoms with Crippen LogP contribution in [0.15, 0.2) is 23.8 Å². The molecule has 0 radical (unpaired) electrons. The van der Waals surface area contributed by atoms with Crippen molar-refractivity contribution in [1.82, 2.24) is 0 Å². The SMILES string of the molecule is CC(F)C(O)(C1=CCC(C(CC(C)(C)C)C(C)(C)C)C=C1)C(F)(F)F. The third-order valence-corrected chi connectivity index (χ3v) is 5.04. The zero-order valence-electron chi connectivity index (χ0n) is 16.3. The zero-order valence-corrected chi connectivity index (χ0v) is 16.3. The summed E-state index contributed by atoms with van der Waals surface area (Å²) in [7, 11) is 0. The van der Waals surface area contributed by atoms with Gasteiger partial charge >= 0.3 is 6.18 Å². The summed E-state index contributed by atoms with van der Waals surface area (Å²) in [6.07, 6.45) is -1.86. The molecular formula is C20H32F4O. The molecule has 0 amide bonds. The average molecular weight is 364 g/mol. The van der Waals surface area contributed by atoms with E-state index in [9.17, 15) is 22.7 Å². The van der Waals surface area contributed by atoms with Crippen molar-refractivity contribution in [2.24, 2.45) is 22.7 Å². The van der Waals surface area contributed by atoms with Crippen LogP contribution in [0, 0.1) is 22.7 Å². The molecule has 0 fully saturated rings. The molecule has 0 aromatic carbocycles. The van der Waals surface area contributed by atoms with E-state index in [1.165, 1.54) is 12.2 Å². The molecule has 0 spiro atoms. The Labute approximate surface area is 149 Å². The number of rotatable bonds is 4. The van der Waals surface area contributed by atoms with Crippen LogP contribution < -0.4 is 0 Å². The van der Waals surface area contributed by atoms with Gasteiger partial charge in [0.15, 0.2) is 0 Å². The van der Waals surface area contributed by atoms with Gasteiger partial charge in [0.25, 0.3) is 0 Å². The lowest BCUT2D eigenvalue weighted by atomic mass is 9.64. The van der Waals surface area contributed by atoms with Crippen molar-refractivity contribution >= 4 is 0 Å². The van der Waals surface area contributed by atoms with E-state index in [-0.39, 0.29) is 22.7 Å². The molecule has 1 aliphatic carbocycles. The van der Waals surface area contributed by atoms with E-state index < -0.39 is 23.5 Å². The normalized spacial score (nSPS) is 24.5. The Morgan fingerprint density at radius 1 is 1.12 bits per heavy atom. The highest BCUT2D eigenvalue weighted by atomic mass is 19.4. The predicted molar refractivity (Wildman–Crippen MR) is 93.9 cm³/mol. The minimum absolute atomic E-state index is 0.0126. The van der Waals surface area contributed by atoms with Gasteiger partial charge in [0.1, 0.15) is 6.17 Å². The molecule has 0 aromatic heterocycles. The van der Waals surface area contributed by atoms with Gasteiger partial charge in [-0.15, -0.1) is 0 Å². The second-order valence-corrected chi connectivity index (χ2v) is 9.54. The van der Waals surface area contributed by atoms with Gasteiger partial charge in [-0.05, 0) is 48.0 Å². The minimum atomic E-state index is -5.06. The first-order chi connectivity index (χ1) is 11.0. The summed E-state index contributed by atoms with van der Waals surface area (Å²) in [6.45, 7) is 13.6. The molecule has 0 aromatic rings. The highest BCUT2D eigenvalue weighted by Gasteiger charge is 2.60. The van der Waals surface area contributed by atoms with Crippen molar-refractivity contribution in [1.29, 1.82) is 0 Å². The van der Waals surface area contributed by atoms with Gasteiger partial charge in [-0.3, -0.25) is 0 Å². The molecule has 0 aliphatic heterocycles. The second-order valence-electron chi connectivity index (χ2n) is 9.54. The van der Waals surface area contributed by atoms with Crippen molar-refractivity contribution in [3.8, 4) is 0 Å². The lowest BCUT2D eigenvalue weighted by Crippen LogP contribution is -2.53. The Hall–Kier alpha value is -0.840. The first-order valence-electron chi connectivity index (χ1n) is 8.82. The Bertz CT molecular complexity index is 517. The lowest BCUT2D eigenvalue weighted by molar-refractivity contribution is -0.260. The molecule has 146 valence electrons. The summed E-state index contributed by atoms with van der Waals surface area (Å²) in [6, 6.07) is 0. The van der Waals surface area contributed by atoms with Crippen molar-refractivity contribution in [3.05, 3.63) is 23.8 Å². The fraction of sp³-hybridized carbons (Fsp3) is 0.800. The van der Waals surface area contributed by atoms with Crippen LogP contribution in [0.5, 0.6) is 0 Å². The molecule has 0 saturated heterocycles.